The fourth-order valence-corrected chi connectivity index (χ4v) is 2.64. The quantitative estimate of drug-likeness (QED) is 0.741. The molecule has 0 bridgehead atoms. The van der Waals surface area contributed by atoms with Crippen LogP contribution in [0.5, 0.6) is 11.5 Å². The van der Waals surface area contributed by atoms with Crippen LogP contribution in [0.15, 0.2) is 6.07 Å². The van der Waals surface area contributed by atoms with Crippen LogP contribution in [0.1, 0.15) is 28.8 Å². The maximum absolute atomic E-state index is 12.1. The standard InChI is InChI=1S/C13H15NO3/c1-14-5-4-8-9(14)7-11(16)13-12(8)10(15)3-2-6-17-13/h7,16H,2-6H2,1H3. The molecule has 0 aliphatic carbocycles. The molecule has 2 aliphatic heterocycles. The Morgan fingerprint density at radius 3 is 3.06 bits per heavy atom. The van der Waals surface area contributed by atoms with Gasteiger partial charge in [0.25, 0.3) is 0 Å². The Kier molecular flexibility index (Phi) is 2.24. The normalized spacial score (nSPS) is 18.4. The molecular formula is C13H15NO3. The number of hydrogen-bond acceptors (Lipinski definition) is 4. The lowest BCUT2D eigenvalue weighted by Crippen LogP contribution is -2.12. The molecule has 0 fully saturated rings. The topological polar surface area (TPSA) is 49.8 Å². The van der Waals surface area contributed by atoms with Gasteiger partial charge in [-0.3, -0.25) is 4.79 Å². The Bertz CT molecular complexity index is 496. The second-order valence-corrected chi connectivity index (χ2v) is 4.64. The van der Waals surface area contributed by atoms with E-state index in [2.05, 4.69) is 4.90 Å². The molecule has 0 saturated carbocycles. The van der Waals surface area contributed by atoms with Crippen molar-refractivity contribution < 1.29 is 14.6 Å². The van der Waals surface area contributed by atoms with Crippen molar-refractivity contribution in [2.75, 3.05) is 25.1 Å². The predicted octanol–water partition coefficient (Wildman–Crippen LogP) is 1.74. The molecule has 3 rings (SSSR count). The maximum atomic E-state index is 12.1. The molecule has 4 heteroatoms. The summed E-state index contributed by atoms with van der Waals surface area (Å²) in [6.45, 7) is 1.39. The van der Waals surface area contributed by atoms with Crippen LogP contribution in [-0.4, -0.2) is 31.1 Å². The molecule has 90 valence electrons. The van der Waals surface area contributed by atoms with E-state index in [1.807, 2.05) is 7.05 Å². The van der Waals surface area contributed by atoms with E-state index in [0.29, 0.717) is 24.3 Å². The fraction of sp³-hybridized carbons (Fsp3) is 0.462. The van der Waals surface area contributed by atoms with Crippen LogP contribution in [0.4, 0.5) is 5.69 Å². The lowest BCUT2D eigenvalue weighted by atomic mass is 9.97. The number of Topliss-reactive ketones (excluding diaryl/α,β-unsaturated/α-hetero) is 1. The van der Waals surface area contributed by atoms with Gasteiger partial charge in [0, 0.05) is 31.8 Å². The van der Waals surface area contributed by atoms with Crippen LogP contribution in [0.2, 0.25) is 0 Å². The number of carbonyl (C=O) groups excluding carboxylic acids is 1. The molecule has 1 aromatic rings. The van der Waals surface area contributed by atoms with E-state index >= 15 is 0 Å². The third-order valence-electron chi connectivity index (χ3n) is 3.53. The first-order valence-electron chi connectivity index (χ1n) is 5.94. The zero-order valence-electron chi connectivity index (χ0n) is 9.82. The Hall–Kier alpha value is -1.71. The summed E-state index contributed by atoms with van der Waals surface area (Å²) in [6.07, 6.45) is 2.08. The second kappa shape index (κ2) is 3.65. The van der Waals surface area contributed by atoms with Crippen LogP contribution in [0.3, 0.4) is 0 Å². The number of fused-ring (bicyclic) bond motifs is 3. The summed E-state index contributed by atoms with van der Waals surface area (Å²) in [5, 5.41) is 9.98. The molecule has 0 amide bonds. The number of hydrogen-bond donors (Lipinski definition) is 1. The Balaban J connectivity index is 2.26. The van der Waals surface area contributed by atoms with E-state index < -0.39 is 0 Å². The van der Waals surface area contributed by atoms with E-state index in [4.69, 9.17) is 4.74 Å². The number of anilines is 1. The minimum absolute atomic E-state index is 0.0859. The SMILES string of the molecule is CN1CCc2c1cc(O)c1c2C(=O)CCCO1. The number of nitrogens with zero attached hydrogens (tertiary/aromatic N) is 1. The second-order valence-electron chi connectivity index (χ2n) is 4.64. The zero-order chi connectivity index (χ0) is 12.0. The van der Waals surface area contributed by atoms with Crippen molar-refractivity contribution in [2.45, 2.75) is 19.3 Å². The average Bonchev–Trinajstić information content (AvgIpc) is 2.55. The van der Waals surface area contributed by atoms with Crippen LogP contribution < -0.4 is 9.64 Å². The molecular weight excluding hydrogens is 218 g/mol. The van der Waals surface area contributed by atoms with Crippen LogP contribution in [-0.2, 0) is 6.42 Å². The molecule has 0 aromatic heterocycles. The molecule has 0 atom stereocenters. The third kappa shape index (κ3) is 1.47. The van der Waals surface area contributed by atoms with E-state index in [1.165, 1.54) is 0 Å². The summed E-state index contributed by atoms with van der Waals surface area (Å²) in [5.41, 5.74) is 2.61. The van der Waals surface area contributed by atoms with Crippen molar-refractivity contribution in [3.05, 3.63) is 17.2 Å². The number of phenolic OH excluding ortho intramolecular Hbond substituents is 1. The first kappa shape index (κ1) is 10.4. The van der Waals surface area contributed by atoms with Crippen molar-refractivity contribution in [1.82, 2.24) is 0 Å². The van der Waals surface area contributed by atoms with E-state index in [-0.39, 0.29) is 11.5 Å². The van der Waals surface area contributed by atoms with Gasteiger partial charge in [0.05, 0.1) is 12.2 Å². The van der Waals surface area contributed by atoms with Crippen molar-refractivity contribution in [1.29, 1.82) is 0 Å². The first-order valence-corrected chi connectivity index (χ1v) is 5.94. The predicted molar refractivity (Wildman–Crippen MR) is 64.1 cm³/mol. The summed E-state index contributed by atoms with van der Waals surface area (Å²) >= 11 is 0. The molecule has 0 spiro atoms. The molecule has 2 aliphatic rings. The average molecular weight is 233 g/mol. The van der Waals surface area contributed by atoms with Gasteiger partial charge in [-0.1, -0.05) is 0 Å². The smallest absolute Gasteiger partial charge is 0.172 e. The first-order chi connectivity index (χ1) is 8.18. The van der Waals surface area contributed by atoms with Gasteiger partial charge in [-0.15, -0.1) is 0 Å². The molecule has 1 aromatic carbocycles. The van der Waals surface area contributed by atoms with Gasteiger partial charge in [0.1, 0.15) is 0 Å². The Morgan fingerprint density at radius 2 is 2.24 bits per heavy atom. The van der Waals surface area contributed by atoms with Gasteiger partial charge in [-0.2, -0.15) is 0 Å². The number of likely N-dealkylation sites (N-methyl/N-ethyl adjacent to an activating group) is 1. The summed E-state index contributed by atoms with van der Waals surface area (Å²) in [5.74, 6) is 0.573. The molecule has 0 saturated heterocycles. The van der Waals surface area contributed by atoms with Gasteiger partial charge in [0.2, 0.25) is 0 Å². The molecule has 2 heterocycles. The van der Waals surface area contributed by atoms with Gasteiger partial charge in [0.15, 0.2) is 17.3 Å². The minimum atomic E-state index is 0.0859. The monoisotopic (exact) mass is 233 g/mol. The number of rotatable bonds is 0. The molecule has 4 nitrogen and oxygen atoms in total. The summed E-state index contributed by atoms with van der Waals surface area (Å²) in [4.78, 5) is 14.2. The van der Waals surface area contributed by atoms with Crippen molar-refractivity contribution in [3.8, 4) is 11.5 Å². The van der Waals surface area contributed by atoms with Gasteiger partial charge >= 0.3 is 0 Å². The van der Waals surface area contributed by atoms with Crippen LogP contribution in [0, 0.1) is 0 Å². The number of phenols is 1. The highest BCUT2D eigenvalue weighted by molar-refractivity contribution is 6.03. The van der Waals surface area contributed by atoms with Gasteiger partial charge in [-0.25, -0.2) is 0 Å². The van der Waals surface area contributed by atoms with Crippen molar-refractivity contribution in [2.24, 2.45) is 0 Å². The van der Waals surface area contributed by atoms with Crippen LogP contribution in [0.25, 0.3) is 0 Å². The molecule has 1 N–H and O–H groups in total. The maximum Gasteiger partial charge on any atom is 0.172 e. The third-order valence-corrected chi connectivity index (χ3v) is 3.53. The molecule has 0 unspecified atom stereocenters. The van der Waals surface area contributed by atoms with Crippen molar-refractivity contribution in [3.63, 3.8) is 0 Å². The number of carbonyl (C=O) groups is 1. The fourth-order valence-electron chi connectivity index (χ4n) is 2.64. The summed E-state index contributed by atoms with van der Waals surface area (Å²) in [7, 11) is 1.97. The highest BCUT2D eigenvalue weighted by Gasteiger charge is 2.30. The number of aromatic hydroxyl groups is 1. The van der Waals surface area contributed by atoms with Gasteiger partial charge < -0.3 is 14.7 Å². The van der Waals surface area contributed by atoms with Crippen molar-refractivity contribution >= 4 is 11.5 Å². The van der Waals surface area contributed by atoms with E-state index in [9.17, 15) is 9.90 Å². The zero-order valence-corrected chi connectivity index (χ0v) is 9.82. The minimum Gasteiger partial charge on any atom is -0.504 e. The van der Waals surface area contributed by atoms with Gasteiger partial charge in [-0.05, 0) is 18.4 Å². The number of benzene rings is 1. The largest absolute Gasteiger partial charge is 0.504 e. The van der Waals surface area contributed by atoms with Crippen LogP contribution >= 0.6 is 0 Å². The van der Waals surface area contributed by atoms with E-state index in [1.54, 1.807) is 6.07 Å². The number of ketones is 1. The molecule has 0 radical (unpaired) electrons. The Morgan fingerprint density at radius 1 is 1.41 bits per heavy atom. The molecule has 17 heavy (non-hydrogen) atoms. The summed E-state index contributed by atoms with van der Waals surface area (Å²) < 4.78 is 5.52. The van der Waals surface area contributed by atoms with E-state index in [0.717, 1.165) is 30.6 Å². The number of ether oxygens (including phenoxy) is 1. The summed E-state index contributed by atoms with van der Waals surface area (Å²) in [6, 6.07) is 1.71. The lowest BCUT2D eigenvalue weighted by Gasteiger charge is -2.16. The Labute approximate surface area is 99.8 Å². The lowest BCUT2D eigenvalue weighted by molar-refractivity contribution is 0.0982. The highest BCUT2D eigenvalue weighted by atomic mass is 16.5. The highest BCUT2D eigenvalue weighted by Crippen LogP contribution is 2.43.